The number of carbonyl (C=O) groups excluding carboxylic acids is 2. The molecule has 0 bridgehead atoms. The van der Waals surface area contributed by atoms with Gasteiger partial charge in [0, 0.05) is 24.5 Å². The average molecular weight is 351 g/mol. The van der Waals surface area contributed by atoms with Crippen molar-refractivity contribution in [1.82, 2.24) is 15.2 Å². The van der Waals surface area contributed by atoms with Gasteiger partial charge in [-0.1, -0.05) is 19.3 Å². The highest BCUT2D eigenvalue weighted by atomic mass is 32.1. The fraction of sp³-hybridized carbons (Fsp3) is 0.706. The quantitative estimate of drug-likeness (QED) is 0.871. The van der Waals surface area contributed by atoms with Gasteiger partial charge in [-0.15, -0.1) is 11.3 Å². The molecule has 1 aromatic heterocycles. The maximum absolute atomic E-state index is 12.4. The first-order valence-corrected chi connectivity index (χ1v) is 9.64. The van der Waals surface area contributed by atoms with Crippen molar-refractivity contribution in [3.05, 3.63) is 16.1 Å². The van der Waals surface area contributed by atoms with Gasteiger partial charge in [0.15, 0.2) is 5.01 Å². The van der Waals surface area contributed by atoms with E-state index in [1.165, 1.54) is 11.3 Å². The van der Waals surface area contributed by atoms with Crippen LogP contribution in [0.15, 0.2) is 5.38 Å². The van der Waals surface area contributed by atoms with Gasteiger partial charge in [0.1, 0.15) is 5.69 Å². The number of hydrogen-bond donors (Lipinski definition) is 2. The Balaban J connectivity index is 1.58. The van der Waals surface area contributed by atoms with Crippen molar-refractivity contribution < 1.29 is 14.7 Å². The summed E-state index contributed by atoms with van der Waals surface area (Å²) in [5, 5.41) is 15.1. The Bertz CT molecular complexity index is 610. The van der Waals surface area contributed by atoms with E-state index in [-0.39, 0.29) is 29.4 Å². The topological polar surface area (TPSA) is 82.5 Å². The first-order chi connectivity index (χ1) is 11.5. The molecule has 2 N–H and O–H groups in total. The largest absolute Gasteiger partial charge is 0.388 e. The molecule has 1 saturated heterocycles. The molecule has 1 atom stereocenters. The van der Waals surface area contributed by atoms with Crippen LogP contribution < -0.4 is 5.32 Å². The molecule has 7 heteroatoms. The van der Waals surface area contributed by atoms with Crippen molar-refractivity contribution in [2.75, 3.05) is 13.1 Å². The molecule has 24 heavy (non-hydrogen) atoms. The number of likely N-dealkylation sites (tertiary alicyclic amines) is 1. The fourth-order valence-electron chi connectivity index (χ4n) is 3.57. The second-order valence-electron chi connectivity index (χ2n) is 7.00. The van der Waals surface area contributed by atoms with Crippen LogP contribution in [0.2, 0.25) is 0 Å². The minimum Gasteiger partial charge on any atom is -0.388 e. The van der Waals surface area contributed by atoms with Crippen molar-refractivity contribution in [3.63, 3.8) is 0 Å². The predicted molar refractivity (Wildman–Crippen MR) is 92.2 cm³/mol. The summed E-state index contributed by atoms with van der Waals surface area (Å²) in [5.74, 6) is -0.409. The van der Waals surface area contributed by atoms with Gasteiger partial charge in [-0.25, -0.2) is 4.98 Å². The fourth-order valence-corrected chi connectivity index (χ4v) is 4.27. The number of thiazole rings is 1. The van der Waals surface area contributed by atoms with Crippen LogP contribution in [0.25, 0.3) is 0 Å². The minimum absolute atomic E-state index is 0.0961. The first kappa shape index (κ1) is 17.4. The molecule has 1 aliphatic heterocycles. The molecular weight excluding hydrogens is 326 g/mol. The van der Waals surface area contributed by atoms with Crippen molar-refractivity contribution in [2.24, 2.45) is 0 Å². The maximum atomic E-state index is 12.4. The summed E-state index contributed by atoms with van der Waals surface area (Å²) in [6, 6.07) is 0.233. The van der Waals surface area contributed by atoms with E-state index in [1.54, 1.807) is 5.38 Å². The Labute approximate surface area is 146 Å². The number of hydrogen-bond acceptors (Lipinski definition) is 5. The normalized spacial score (nSPS) is 23.2. The van der Waals surface area contributed by atoms with E-state index in [1.807, 2.05) is 11.8 Å². The average Bonchev–Trinajstić information content (AvgIpc) is 3.22. The summed E-state index contributed by atoms with van der Waals surface area (Å²) in [6.07, 6.45) is 6.62. The van der Waals surface area contributed by atoms with Gasteiger partial charge in [-0.3, -0.25) is 9.59 Å². The van der Waals surface area contributed by atoms with Crippen LogP contribution in [-0.2, 0) is 0 Å². The Morgan fingerprint density at radius 2 is 2.12 bits per heavy atom. The van der Waals surface area contributed by atoms with Crippen LogP contribution in [0.4, 0.5) is 0 Å². The Morgan fingerprint density at radius 3 is 2.79 bits per heavy atom. The van der Waals surface area contributed by atoms with E-state index in [0.717, 1.165) is 51.5 Å². The molecule has 2 heterocycles. The first-order valence-electron chi connectivity index (χ1n) is 8.76. The summed E-state index contributed by atoms with van der Waals surface area (Å²) in [6.45, 7) is 3.04. The van der Waals surface area contributed by atoms with Crippen LogP contribution >= 0.6 is 11.3 Å². The summed E-state index contributed by atoms with van der Waals surface area (Å²) >= 11 is 1.18. The standard InChI is InChI=1S/C17H25N3O3S/c1-12-6-5-9-20(12)16(22)13-10-24-15(19-13)14(21)18-11-17(23)7-3-2-4-8-17/h10,12,23H,2-9,11H2,1H3,(H,18,21)/t12-/m0/s1. The molecule has 0 spiro atoms. The van der Waals surface area contributed by atoms with Crippen LogP contribution in [0, 0.1) is 0 Å². The summed E-state index contributed by atoms with van der Waals surface area (Å²) in [5.41, 5.74) is -0.454. The van der Waals surface area contributed by atoms with Gasteiger partial charge < -0.3 is 15.3 Å². The van der Waals surface area contributed by atoms with Gasteiger partial charge >= 0.3 is 0 Å². The molecule has 1 aliphatic carbocycles. The molecule has 1 aromatic rings. The molecule has 0 unspecified atom stereocenters. The third kappa shape index (κ3) is 3.78. The Morgan fingerprint density at radius 1 is 1.38 bits per heavy atom. The highest BCUT2D eigenvalue weighted by Crippen LogP contribution is 2.27. The molecule has 0 radical (unpaired) electrons. The summed E-state index contributed by atoms with van der Waals surface area (Å²) in [4.78, 5) is 30.7. The van der Waals surface area contributed by atoms with Crippen LogP contribution in [0.5, 0.6) is 0 Å². The van der Waals surface area contributed by atoms with Crippen LogP contribution in [0.1, 0.15) is 72.2 Å². The lowest BCUT2D eigenvalue weighted by atomic mass is 9.85. The third-order valence-electron chi connectivity index (χ3n) is 5.09. The molecule has 6 nitrogen and oxygen atoms in total. The molecule has 132 valence electrons. The van der Waals surface area contributed by atoms with E-state index in [2.05, 4.69) is 10.3 Å². The Hall–Kier alpha value is -1.47. The van der Waals surface area contributed by atoms with Gasteiger partial charge in [0.2, 0.25) is 0 Å². The lowest BCUT2D eigenvalue weighted by molar-refractivity contribution is 0.00525. The predicted octanol–water partition coefficient (Wildman–Crippen LogP) is 2.19. The van der Waals surface area contributed by atoms with Crippen molar-refractivity contribution in [1.29, 1.82) is 0 Å². The van der Waals surface area contributed by atoms with E-state index < -0.39 is 5.60 Å². The number of rotatable bonds is 4. The highest BCUT2D eigenvalue weighted by molar-refractivity contribution is 7.11. The van der Waals surface area contributed by atoms with Crippen molar-refractivity contribution in [2.45, 2.75) is 63.5 Å². The molecular formula is C17H25N3O3S. The van der Waals surface area contributed by atoms with Crippen molar-refractivity contribution >= 4 is 23.2 Å². The second kappa shape index (κ2) is 7.19. The Kier molecular flexibility index (Phi) is 5.20. The monoisotopic (exact) mass is 351 g/mol. The van der Waals surface area contributed by atoms with Crippen LogP contribution in [-0.4, -0.2) is 51.5 Å². The van der Waals surface area contributed by atoms with E-state index in [0.29, 0.717) is 5.69 Å². The smallest absolute Gasteiger partial charge is 0.280 e. The van der Waals surface area contributed by atoms with Gasteiger partial charge in [0.25, 0.3) is 11.8 Å². The zero-order chi connectivity index (χ0) is 17.2. The highest BCUT2D eigenvalue weighted by Gasteiger charge is 2.31. The van der Waals surface area contributed by atoms with E-state index >= 15 is 0 Å². The van der Waals surface area contributed by atoms with Gasteiger partial charge in [0.05, 0.1) is 5.60 Å². The molecule has 2 aliphatic rings. The minimum atomic E-state index is -0.797. The number of carbonyl (C=O) groups is 2. The zero-order valence-corrected chi connectivity index (χ0v) is 14.9. The number of aromatic nitrogens is 1. The maximum Gasteiger partial charge on any atom is 0.280 e. The molecule has 2 amide bonds. The van der Waals surface area contributed by atoms with Gasteiger partial charge in [-0.05, 0) is 32.6 Å². The van der Waals surface area contributed by atoms with E-state index in [4.69, 9.17) is 0 Å². The molecule has 0 aromatic carbocycles. The second-order valence-corrected chi connectivity index (χ2v) is 7.85. The molecule has 3 rings (SSSR count). The zero-order valence-electron chi connectivity index (χ0n) is 14.1. The SMILES string of the molecule is C[C@H]1CCCN1C(=O)c1csc(C(=O)NCC2(O)CCCCC2)n1. The number of nitrogens with zero attached hydrogens (tertiary/aromatic N) is 2. The van der Waals surface area contributed by atoms with Gasteiger partial charge in [-0.2, -0.15) is 0 Å². The molecule has 2 fully saturated rings. The summed E-state index contributed by atoms with van der Waals surface area (Å²) in [7, 11) is 0. The third-order valence-corrected chi connectivity index (χ3v) is 5.93. The molecule has 1 saturated carbocycles. The summed E-state index contributed by atoms with van der Waals surface area (Å²) < 4.78 is 0. The van der Waals surface area contributed by atoms with Crippen molar-refractivity contribution in [3.8, 4) is 0 Å². The number of aliphatic hydroxyl groups is 1. The van der Waals surface area contributed by atoms with E-state index in [9.17, 15) is 14.7 Å². The lowest BCUT2D eigenvalue weighted by Gasteiger charge is -2.31. The lowest BCUT2D eigenvalue weighted by Crippen LogP contribution is -2.44. The number of nitrogens with one attached hydrogen (secondary N) is 1. The number of amides is 2. The van der Waals surface area contributed by atoms with Crippen LogP contribution in [0.3, 0.4) is 0 Å².